The van der Waals surface area contributed by atoms with Gasteiger partial charge in [-0.25, -0.2) is 0 Å². The molecule has 1 aliphatic heterocycles. The number of oxime groups is 1. The van der Waals surface area contributed by atoms with Crippen molar-refractivity contribution in [2.24, 2.45) is 16.8 Å². The zero-order valence-electron chi connectivity index (χ0n) is 10.3. The van der Waals surface area contributed by atoms with Crippen LogP contribution >= 0.6 is 0 Å². The van der Waals surface area contributed by atoms with Crippen molar-refractivity contribution in [1.82, 2.24) is 5.32 Å². The highest BCUT2D eigenvalue weighted by Crippen LogP contribution is 2.23. The van der Waals surface area contributed by atoms with Gasteiger partial charge in [-0.05, 0) is 19.3 Å². The van der Waals surface area contributed by atoms with Crippen molar-refractivity contribution < 1.29 is 14.7 Å². The third kappa shape index (κ3) is 3.33. The van der Waals surface area contributed by atoms with Crippen LogP contribution in [0.5, 0.6) is 0 Å². The van der Waals surface area contributed by atoms with E-state index in [0.29, 0.717) is 13.0 Å². The lowest BCUT2D eigenvalue weighted by atomic mass is 9.98. The molecule has 1 saturated heterocycles. The summed E-state index contributed by atoms with van der Waals surface area (Å²) in [6.45, 7) is 4.49. The van der Waals surface area contributed by atoms with Gasteiger partial charge in [0.25, 0.3) is 0 Å². The lowest BCUT2D eigenvalue weighted by Gasteiger charge is -2.20. The number of ether oxygens (including phenoxy) is 1. The molecule has 0 bridgehead atoms. The predicted molar refractivity (Wildman–Crippen MR) is 63.8 cm³/mol. The molecule has 98 valence electrons. The largest absolute Gasteiger partial charge is 0.409 e. The summed E-state index contributed by atoms with van der Waals surface area (Å²) in [5.41, 5.74) is 5.50. The SMILES string of the molecule is CCC(NC(=O)C1CCOC1CC)C(N)=NO. The van der Waals surface area contributed by atoms with Crippen molar-refractivity contribution in [2.45, 2.75) is 45.3 Å². The van der Waals surface area contributed by atoms with Gasteiger partial charge in [0.05, 0.1) is 18.1 Å². The second kappa shape index (κ2) is 6.44. The van der Waals surface area contributed by atoms with Gasteiger partial charge in [-0.3, -0.25) is 4.79 Å². The highest BCUT2D eigenvalue weighted by atomic mass is 16.5. The van der Waals surface area contributed by atoms with Crippen LogP contribution in [0.15, 0.2) is 5.16 Å². The summed E-state index contributed by atoms with van der Waals surface area (Å²) in [6, 6.07) is -0.411. The molecule has 0 aromatic rings. The minimum atomic E-state index is -0.411. The lowest BCUT2D eigenvalue weighted by molar-refractivity contribution is -0.127. The van der Waals surface area contributed by atoms with Crippen LogP contribution in [-0.2, 0) is 9.53 Å². The van der Waals surface area contributed by atoms with Crippen LogP contribution in [-0.4, -0.2) is 35.7 Å². The number of carbonyl (C=O) groups is 1. The Morgan fingerprint density at radius 3 is 2.88 bits per heavy atom. The first-order valence-electron chi connectivity index (χ1n) is 6.03. The Labute approximate surface area is 101 Å². The van der Waals surface area contributed by atoms with Crippen molar-refractivity contribution in [3.05, 3.63) is 0 Å². The highest BCUT2D eigenvalue weighted by molar-refractivity contribution is 5.90. The summed E-state index contributed by atoms with van der Waals surface area (Å²) in [5.74, 6) is -0.166. The van der Waals surface area contributed by atoms with Crippen LogP contribution in [0.3, 0.4) is 0 Å². The molecule has 0 spiro atoms. The van der Waals surface area contributed by atoms with Crippen LogP contribution in [0.4, 0.5) is 0 Å². The van der Waals surface area contributed by atoms with Gasteiger partial charge >= 0.3 is 0 Å². The van der Waals surface area contributed by atoms with E-state index in [-0.39, 0.29) is 23.8 Å². The normalized spacial score (nSPS) is 26.8. The summed E-state index contributed by atoms with van der Waals surface area (Å²) in [4.78, 5) is 12.0. The molecule has 3 atom stereocenters. The number of carbonyl (C=O) groups excluding carboxylic acids is 1. The number of rotatable bonds is 5. The molecule has 0 saturated carbocycles. The number of hydrogen-bond donors (Lipinski definition) is 3. The Hall–Kier alpha value is -1.30. The van der Waals surface area contributed by atoms with E-state index in [0.717, 1.165) is 12.8 Å². The molecular formula is C11H21N3O3. The second-order valence-corrected chi connectivity index (χ2v) is 4.21. The number of nitrogens with two attached hydrogens (primary N) is 1. The molecule has 4 N–H and O–H groups in total. The van der Waals surface area contributed by atoms with Gasteiger partial charge in [0.2, 0.25) is 5.91 Å². The molecule has 1 rings (SSSR count). The summed E-state index contributed by atoms with van der Waals surface area (Å²) in [7, 11) is 0. The van der Waals surface area contributed by atoms with Gasteiger partial charge in [-0.1, -0.05) is 19.0 Å². The fourth-order valence-electron chi connectivity index (χ4n) is 2.08. The van der Waals surface area contributed by atoms with Crippen LogP contribution < -0.4 is 11.1 Å². The zero-order chi connectivity index (χ0) is 12.8. The average Bonchev–Trinajstić information content (AvgIpc) is 2.82. The molecule has 1 heterocycles. The van der Waals surface area contributed by atoms with Crippen molar-refractivity contribution in [3.63, 3.8) is 0 Å². The van der Waals surface area contributed by atoms with Gasteiger partial charge in [0, 0.05) is 6.61 Å². The van der Waals surface area contributed by atoms with E-state index in [1.807, 2.05) is 13.8 Å². The van der Waals surface area contributed by atoms with Gasteiger partial charge in [0.15, 0.2) is 5.84 Å². The first kappa shape index (κ1) is 13.8. The third-order valence-corrected chi connectivity index (χ3v) is 3.15. The molecule has 1 amide bonds. The number of nitrogens with zero attached hydrogens (tertiary/aromatic N) is 1. The van der Waals surface area contributed by atoms with E-state index in [9.17, 15) is 4.79 Å². The summed E-state index contributed by atoms with van der Waals surface area (Å²) in [6.07, 6.45) is 2.13. The number of nitrogens with one attached hydrogen (secondary N) is 1. The van der Waals surface area contributed by atoms with Crippen molar-refractivity contribution in [1.29, 1.82) is 0 Å². The maximum absolute atomic E-state index is 12.0. The molecular weight excluding hydrogens is 222 g/mol. The number of amidine groups is 1. The van der Waals surface area contributed by atoms with E-state index in [1.54, 1.807) is 0 Å². The minimum absolute atomic E-state index is 0.0141. The Morgan fingerprint density at radius 2 is 2.35 bits per heavy atom. The molecule has 1 aliphatic rings. The summed E-state index contributed by atoms with van der Waals surface area (Å²) in [5, 5.41) is 14.3. The topological polar surface area (TPSA) is 96.9 Å². The monoisotopic (exact) mass is 243 g/mol. The maximum Gasteiger partial charge on any atom is 0.226 e. The Balaban J connectivity index is 2.58. The fraction of sp³-hybridized carbons (Fsp3) is 0.818. The molecule has 0 aromatic heterocycles. The Kier molecular flexibility index (Phi) is 5.21. The quantitative estimate of drug-likeness (QED) is 0.282. The van der Waals surface area contributed by atoms with Crippen LogP contribution in [0.2, 0.25) is 0 Å². The lowest BCUT2D eigenvalue weighted by Crippen LogP contribution is -2.47. The van der Waals surface area contributed by atoms with Crippen molar-refractivity contribution in [3.8, 4) is 0 Å². The average molecular weight is 243 g/mol. The van der Waals surface area contributed by atoms with Crippen molar-refractivity contribution >= 4 is 11.7 Å². The van der Waals surface area contributed by atoms with E-state index >= 15 is 0 Å². The van der Waals surface area contributed by atoms with E-state index in [2.05, 4.69) is 10.5 Å². The Morgan fingerprint density at radius 1 is 1.65 bits per heavy atom. The van der Waals surface area contributed by atoms with E-state index in [4.69, 9.17) is 15.7 Å². The molecule has 6 heteroatoms. The fourth-order valence-corrected chi connectivity index (χ4v) is 2.08. The van der Waals surface area contributed by atoms with E-state index < -0.39 is 6.04 Å². The molecule has 0 aliphatic carbocycles. The first-order chi connectivity index (χ1) is 8.13. The van der Waals surface area contributed by atoms with Gasteiger partial charge in [-0.2, -0.15) is 0 Å². The number of hydrogen-bond acceptors (Lipinski definition) is 4. The zero-order valence-corrected chi connectivity index (χ0v) is 10.3. The smallest absolute Gasteiger partial charge is 0.226 e. The molecule has 0 aromatic carbocycles. The van der Waals surface area contributed by atoms with Gasteiger partial charge in [-0.15, -0.1) is 0 Å². The molecule has 3 unspecified atom stereocenters. The standard InChI is InChI=1S/C11H21N3O3/c1-3-8(10(12)14-16)13-11(15)7-5-6-17-9(7)4-2/h7-9,16H,3-6H2,1-2H3,(H2,12,14)(H,13,15). The predicted octanol–water partition coefficient (Wildman–Crippen LogP) is 0.443. The third-order valence-electron chi connectivity index (χ3n) is 3.15. The van der Waals surface area contributed by atoms with Gasteiger partial charge in [0.1, 0.15) is 0 Å². The summed E-state index contributed by atoms with van der Waals surface area (Å²) >= 11 is 0. The van der Waals surface area contributed by atoms with Crippen molar-refractivity contribution in [2.75, 3.05) is 6.61 Å². The Bertz CT molecular complexity index is 294. The number of amides is 1. The van der Waals surface area contributed by atoms with E-state index in [1.165, 1.54) is 0 Å². The minimum Gasteiger partial charge on any atom is -0.409 e. The second-order valence-electron chi connectivity index (χ2n) is 4.21. The first-order valence-corrected chi connectivity index (χ1v) is 6.03. The van der Waals surface area contributed by atoms with Crippen LogP contribution in [0, 0.1) is 5.92 Å². The maximum atomic E-state index is 12.0. The molecule has 1 fully saturated rings. The molecule has 6 nitrogen and oxygen atoms in total. The molecule has 17 heavy (non-hydrogen) atoms. The molecule has 0 radical (unpaired) electrons. The van der Waals surface area contributed by atoms with Crippen LogP contribution in [0.1, 0.15) is 33.1 Å². The summed E-state index contributed by atoms with van der Waals surface area (Å²) < 4.78 is 5.47. The highest BCUT2D eigenvalue weighted by Gasteiger charge is 2.33. The van der Waals surface area contributed by atoms with Crippen LogP contribution in [0.25, 0.3) is 0 Å². The van der Waals surface area contributed by atoms with Gasteiger partial charge < -0.3 is 21.0 Å².